The number of ether oxygens (including phenoxy) is 1. The third kappa shape index (κ3) is 11.8. The summed E-state index contributed by atoms with van der Waals surface area (Å²) < 4.78 is 5.37. The Bertz CT molecular complexity index is 1050. The second-order valence-corrected chi connectivity index (χ2v) is 9.39. The second kappa shape index (κ2) is 17.5. The number of unbranched alkanes of at least 4 members (excludes halogenated alkanes) is 1. The molecule has 1 unspecified atom stereocenters. The number of hydrogen-bond acceptors (Lipinski definition) is 9. The SMILES string of the molecule is CNC(=O)CCOCCCC(=O)C(CCCCNC(=O)CCN1C(=O)C=CC1=O)NC(=O)CCN1C(=O)C=CC1=O. The van der Waals surface area contributed by atoms with E-state index in [-0.39, 0.29) is 69.6 Å². The van der Waals surface area contributed by atoms with Gasteiger partial charge in [-0.05, 0) is 25.7 Å². The lowest BCUT2D eigenvalue weighted by molar-refractivity contribution is -0.139. The maximum Gasteiger partial charge on any atom is 0.253 e. The van der Waals surface area contributed by atoms with Crippen LogP contribution in [0.1, 0.15) is 51.4 Å². The Morgan fingerprint density at radius 3 is 1.83 bits per heavy atom. The third-order valence-corrected chi connectivity index (χ3v) is 6.36. The molecule has 14 heteroatoms. The van der Waals surface area contributed by atoms with Gasteiger partial charge in [-0.25, -0.2) is 0 Å². The summed E-state index contributed by atoms with van der Waals surface area (Å²) in [6.07, 6.45) is 6.45. The molecule has 0 aromatic rings. The number of carbonyl (C=O) groups excluding carboxylic acids is 8. The average Bonchev–Trinajstić information content (AvgIpc) is 3.45. The maximum atomic E-state index is 12.9. The van der Waals surface area contributed by atoms with E-state index >= 15 is 0 Å². The van der Waals surface area contributed by atoms with Crippen LogP contribution in [0.4, 0.5) is 0 Å². The fourth-order valence-corrected chi connectivity index (χ4v) is 4.01. The van der Waals surface area contributed by atoms with Crippen molar-refractivity contribution in [2.24, 2.45) is 0 Å². The molecule has 1 atom stereocenters. The van der Waals surface area contributed by atoms with E-state index in [0.717, 1.165) is 34.1 Å². The van der Waals surface area contributed by atoms with Crippen LogP contribution < -0.4 is 16.0 Å². The summed E-state index contributed by atoms with van der Waals surface area (Å²) in [6.45, 7) is 0.683. The lowest BCUT2D eigenvalue weighted by atomic mass is 10.0. The van der Waals surface area contributed by atoms with Crippen molar-refractivity contribution in [2.75, 3.05) is 39.9 Å². The first-order chi connectivity index (χ1) is 19.6. The van der Waals surface area contributed by atoms with Gasteiger partial charge in [-0.15, -0.1) is 0 Å². The van der Waals surface area contributed by atoms with E-state index in [1.165, 1.54) is 7.05 Å². The van der Waals surface area contributed by atoms with Crippen LogP contribution in [-0.4, -0.2) is 103 Å². The van der Waals surface area contributed by atoms with Crippen molar-refractivity contribution >= 4 is 47.1 Å². The van der Waals surface area contributed by atoms with E-state index in [1.54, 1.807) is 0 Å². The van der Waals surface area contributed by atoms with Gasteiger partial charge in [-0.2, -0.15) is 0 Å². The first-order valence-electron chi connectivity index (χ1n) is 13.6. The average molecular weight is 576 g/mol. The van der Waals surface area contributed by atoms with Gasteiger partial charge < -0.3 is 20.7 Å². The predicted octanol–water partition coefficient (Wildman–Crippen LogP) is -1.11. The van der Waals surface area contributed by atoms with Crippen LogP contribution in [0.25, 0.3) is 0 Å². The van der Waals surface area contributed by atoms with Crippen molar-refractivity contribution in [2.45, 2.75) is 57.4 Å². The molecule has 0 saturated carbocycles. The number of nitrogens with one attached hydrogen (secondary N) is 3. The van der Waals surface area contributed by atoms with E-state index < -0.39 is 35.6 Å². The minimum absolute atomic E-state index is 0.0146. The Balaban J connectivity index is 1.74. The predicted molar refractivity (Wildman–Crippen MR) is 143 cm³/mol. The Labute approximate surface area is 237 Å². The van der Waals surface area contributed by atoms with Crippen molar-refractivity contribution in [1.29, 1.82) is 0 Å². The van der Waals surface area contributed by atoms with Crippen LogP contribution in [0.2, 0.25) is 0 Å². The molecule has 224 valence electrons. The van der Waals surface area contributed by atoms with Crippen LogP contribution in [0.5, 0.6) is 0 Å². The summed E-state index contributed by atoms with van der Waals surface area (Å²) in [7, 11) is 1.53. The van der Waals surface area contributed by atoms with Crippen molar-refractivity contribution < 1.29 is 43.1 Å². The van der Waals surface area contributed by atoms with E-state index in [2.05, 4.69) is 16.0 Å². The van der Waals surface area contributed by atoms with Crippen molar-refractivity contribution in [1.82, 2.24) is 25.8 Å². The smallest absolute Gasteiger partial charge is 0.253 e. The molecule has 0 spiro atoms. The van der Waals surface area contributed by atoms with Gasteiger partial charge in [0, 0.05) is 83.3 Å². The lowest BCUT2D eigenvalue weighted by Gasteiger charge is -2.19. The second-order valence-electron chi connectivity index (χ2n) is 9.39. The molecule has 0 fully saturated rings. The van der Waals surface area contributed by atoms with Crippen LogP contribution in [-0.2, 0) is 43.1 Å². The summed E-state index contributed by atoms with van der Waals surface area (Å²) in [5, 5.41) is 7.88. The summed E-state index contributed by atoms with van der Waals surface area (Å²) in [5.41, 5.74) is 0. The van der Waals surface area contributed by atoms with Gasteiger partial charge in [-0.3, -0.25) is 48.2 Å². The molecule has 0 saturated heterocycles. The molecule has 2 rings (SSSR count). The summed E-state index contributed by atoms with van der Waals surface area (Å²) in [4.78, 5) is 97.1. The maximum absolute atomic E-state index is 12.9. The molecule has 0 aliphatic carbocycles. The molecule has 0 radical (unpaired) electrons. The number of imide groups is 2. The number of nitrogens with zero attached hydrogens (tertiary/aromatic N) is 2. The number of Topliss-reactive ketones (excluding diaryl/α,β-unsaturated/α-hetero) is 1. The molecular formula is C27H37N5O9. The first kappa shape index (κ1) is 33.0. The highest BCUT2D eigenvalue weighted by atomic mass is 16.5. The quantitative estimate of drug-likeness (QED) is 0.119. The molecule has 2 aliphatic rings. The van der Waals surface area contributed by atoms with Gasteiger partial charge in [0.25, 0.3) is 23.6 Å². The van der Waals surface area contributed by atoms with Crippen LogP contribution >= 0.6 is 0 Å². The number of ketones is 1. The van der Waals surface area contributed by atoms with E-state index in [4.69, 9.17) is 4.74 Å². The minimum Gasteiger partial charge on any atom is -0.381 e. The topological polar surface area (TPSA) is 188 Å². The van der Waals surface area contributed by atoms with Crippen LogP contribution in [0.3, 0.4) is 0 Å². The first-order valence-corrected chi connectivity index (χ1v) is 13.6. The van der Waals surface area contributed by atoms with Crippen LogP contribution in [0, 0.1) is 0 Å². The number of amides is 7. The number of rotatable bonds is 20. The molecule has 7 amide bonds. The Kier molecular flexibility index (Phi) is 14.1. The molecule has 41 heavy (non-hydrogen) atoms. The van der Waals surface area contributed by atoms with Gasteiger partial charge in [0.15, 0.2) is 5.78 Å². The normalized spacial score (nSPS) is 15.0. The monoisotopic (exact) mass is 575 g/mol. The molecule has 3 N–H and O–H groups in total. The Morgan fingerprint density at radius 2 is 1.27 bits per heavy atom. The third-order valence-electron chi connectivity index (χ3n) is 6.36. The molecule has 14 nitrogen and oxygen atoms in total. The molecule has 0 bridgehead atoms. The number of hydrogen-bond donors (Lipinski definition) is 3. The number of carbonyl (C=O) groups is 8. The Hall–Kier alpha value is -4.20. The van der Waals surface area contributed by atoms with Crippen molar-refractivity contribution in [3.8, 4) is 0 Å². The molecule has 2 aliphatic heterocycles. The lowest BCUT2D eigenvalue weighted by Crippen LogP contribution is -2.42. The zero-order valence-electron chi connectivity index (χ0n) is 23.1. The van der Waals surface area contributed by atoms with Gasteiger partial charge in [0.05, 0.1) is 12.6 Å². The molecule has 0 aromatic carbocycles. The summed E-state index contributed by atoms with van der Waals surface area (Å²) >= 11 is 0. The zero-order valence-corrected chi connectivity index (χ0v) is 23.1. The molecular weight excluding hydrogens is 538 g/mol. The van der Waals surface area contributed by atoms with Gasteiger partial charge in [0.1, 0.15) is 0 Å². The fourth-order valence-electron chi connectivity index (χ4n) is 4.01. The van der Waals surface area contributed by atoms with Crippen molar-refractivity contribution in [3.05, 3.63) is 24.3 Å². The van der Waals surface area contributed by atoms with E-state index in [1.807, 2.05) is 0 Å². The van der Waals surface area contributed by atoms with E-state index in [9.17, 15) is 38.4 Å². The van der Waals surface area contributed by atoms with Crippen molar-refractivity contribution in [3.63, 3.8) is 0 Å². The van der Waals surface area contributed by atoms with Gasteiger partial charge in [-0.1, -0.05) is 0 Å². The largest absolute Gasteiger partial charge is 0.381 e. The summed E-state index contributed by atoms with van der Waals surface area (Å²) in [6, 6.07) is -0.799. The highest BCUT2D eigenvalue weighted by Crippen LogP contribution is 2.09. The minimum atomic E-state index is -0.799. The highest BCUT2D eigenvalue weighted by molar-refractivity contribution is 6.13. The van der Waals surface area contributed by atoms with Gasteiger partial charge >= 0.3 is 0 Å². The van der Waals surface area contributed by atoms with E-state index in [0.29, 0.717) is 32.2 Å². The molecule has 2 heterocycles. The van der Waals surface area contributed by atoms with Gasteiger partial charge in [0.2, 0.25) is 17.7 Å². The molecule has 0 aromatic heterocycles. The Morgan fingerprint density at radius 1 is 0.707 bits per heavy atom. The highest BCUT2D eigenvalue weighted by Gasteiger charge is 2.26. The summed E-state index contributed by atoms with van der Waals surface area (Å²) in [5.74, 6) is -3.06. The zero-order chi connectivity index (χ0) is 30.2. The van der Waals surface area contributed by atoms with Crippen LogP contribution in [0.15, 0.2) is 24.3 Å². The standard InChI is InChI=1S/C27H37N5O9/c1-28-21(34)13-18-41-17-4-6-20(33)19(30-23(36)12-16-32-26(39)9-10-27(32)40)5-2-3-14-29-22(35)11-15-31-24(37)7-8-25(31)38/h7-10,19H,2-6,11-18H2,1H3,(H,28,34)(H,29,35)(H,30,36). The fraction of sp³-hybridized carbons (Fsp3) is 0.556.